The Morgan fingerprint density at radius 1 is 1.33 bits per heavy atom. The molecule has 21 heavy (non-hydrogen) atoms. The second-order valence-corrected chi connectivity index (χ2v) is 5.27. The van der Waals surface area contributed by atoms with Crippen molar-refractivity contribution < 1.29 is 9.90 Å². The van der Waals surface area contributed by atoms with Crippen LogP contribution < -0.4 is 0 Å². The highest BCUT2D eigenvalue weighted by Gasteiger charge is 2.10. The molecule has 0 fully saturated rings. The van der Waals surface area contributed by atoms with Gasteiger partial charge in [0.05, 0.1) is 5.52 Å². The molecule has 0 amide bonds. The van der Waals surface area contributed by atoms with E-state index in [-0.39, 0.29) is 6.54 Å². The summed E-state index contributed by atoms with van der Waals surface area (Å²) < 4.78 is 1.27. The van der Waals surface area contributed by atoms with Gasteiger partial charge in [0.2, 0.25) is 5.16 Å². The predicted octanol–water partition coefficient (Wildman–Crippen LogP) is 1.60. The number of benzene rings is 1. The van der Waals surface area contributed by atoms with Gasteiger partial charge in [-0.1, -0.05) is 23.9 Å². The van der Waals surface area contributed by atoms with E-state index in [9.17, 15) is 4.79 Å². The van der Waals surface area contributed by atoms with Crippen LogP contribution in [-0.4, -0.2) is 36.3 Å². The molecule has 2 aromatic heterocycles. The van der Waals surface area contributed by atoms with Gasteiger partial charge in [-0.25, -0.2) is 4.68 Å². The summed E-state index contributed by atoms with van der Waals surface area (Å²) in [5, 5.41) is 21.3. The van der Waals surface area contributed by atoms with E-state index in [1.165, 1.54) is 16.4 Å². The lowest BCUT2D eigenvalue weighted by Gasteiger charge is -2.03. The van der Waals surface area contributed by atoms with Gasteiger partial charge < -0.3 is 5.11 Å². The summed E-state index contributed by atoms with van der Waals surface area (Å²) in [5.74, 6) is -0.314. The molecule has 0 atom stereocenters. The normalized spacial score (nSPS) is 10.9. The van der Waals surface area contributed by atoms with Crippen molar-refractivity contribution in [3.63, 3.8) is 0 Å². The molecule has 0 aliphatic heterocycles. The highest BCUT2D eigenvalue weighted by Crippen LogP contribution is 2.22. The quantitative estimate of drug-likeness (QED) is 0.715. The van der Waals surface area contributed by atoms with Gasteiger partial charge in [-0.2, -0.15) is 0 Å². The zero-order valence-corrected chi connectivity index (χ0v) is 11.7. The Hall–Kier alpha value is -2.48. The molecule has 2 heterocycles. The smallest absolute Gasteiger partial charge is 0.325 e. The Bertz CT molecular complexity index is 789. The van der Waals surface area contributed by atoms with Crippen molar-refractivity contribution in [2.24, 2.45) is 0 Å². The first-order valence-electron chi connectivity index (χ1n) is 6.17. The fourth-order valence-corrected chi connectivity index (χ4v) is 2.71. The monoisotopic (exact) mass is 301 g/mol. The highest BCUT2D eigenvalue weighted by atomic mass is 32.2. The molecule has 8 heteroatoms. The maximum Gasteiger partial charge on any atom is 0.325 e. The van der Waals surface area contributed by atoms with Crippen LogP contribution in [0.4, 0.5) is 0 Å². The van der Waals surface area contributed by atoms with Crippen LogP contribution in [-0.2, 0) is 17.1 Å². The fraction of sp³-hybridized carbons (Fsp3) is 0.154. The molecular weight excluding hydrogens is 290 g/mol. The largest absolute Gasteiger partial charge is 0.480 e. The van der Waals surface area contributed by atoms with E-state index in [1.54, 1.807) is 6.20 Å². The number of pyridine rings is 1. The van der Waals surface area contributed by atoms with Crippen LogP contribution >= 0.6 is 11.8 Å². The molecule has 0 saturated heterocycles. The van der Waals surface area contributed by atoms with E-state index in [1.807, 2.05) is 24.3 Å². The van der Waals surface area contributed by atoms with Gasteiger partial charge in [0, 0.05) is 17.3 Å². The van der Waals surface area contributed by atoms with Gasteiger partial charge in [0.25, 0.3) is 0 Å². The number of carboxylic acids is 1. The summed E-state index contributed by atoms with van der Waals surface area (Å²) in [6, 6.07) is 9.91. The van der Waals surface area contributed by atoms with E-state index in [0.717, 1.165) is 16.5 Å². The average molecular weight is 301 g/mol. The van der Waals surface area contributed by atoms with Crippen LogP contribution in [0, 0.1) is 0 Å². The molecule has 0 bridgehead atoms. The number of rotatable bonds is 5. The van der Waals surface area contributed by atoms with Crippen molar-refractivity contribution >= 4 is 28.6 Å². The van der Waals surface area contributed by atoms with Crippen LogP contribution in [0.15, 0.2) is 41.7 Å². The Kier molecular flexibility index (Phi) is 3.78. The number of carbonyl (C=O) groups is 1. The topological polar surface area (TPSA) is 93.8 Å². The third-order valence-corrected chi connectivity index (χ3v) is 3.85. The van der Waals surface area contributed by atoms with E-state index < -0.39 is 5.97 Å². The van der Waals surface area contributed by atoms with Crippen LogP contribution in [0.2, 0.25) is 0 Å². The molecule has 0 aliphatic rings. The minimum atomic E-state index is -0.971. The first kappa shape index (κ1) is 13.5. The van der Waals surface area contributed by atoms with Gasteiger partial charge in [-0.15, -0.1) is 5.10 Å². The summed E-state index contributed by atoms with van der Waals surface area (Å²) in [5.41, 5.74) is 2.05. The molecular formula is C13H11N5O2S. The number of thioether (sulfide) groups is 1. The lowest BCUT2D eigenvalue weighted by atomic mass is 10.1. The average Bonchev–Trinajstić information content (AvgIpc) is 2.91. The van der Waals surface area contributed by atoms with E-state index in [2.05, 4.69) is 26.6 Å². The number of nitrogens with zero attached hydrogens (tertiary/aromatic N) is 5. The van der Waals surface area contributed by atoms with Crippen LogP contribution in [0.5, 0.6) is 0 Å². The zero-order chi connectivity index (χ0) is 14.7. The molecule has 7 nitrogen and oxygen atoms in total. The molecule has 0 radical (unpaired) electrons. The maximum atomic E-state index is 10.7. The number of hydrogen-bond donors (Lipinski definition) is 1. The van der Waals surface area contributed by atoms with Crippen LogP contribution in [0.3, 0.4) is 0 Å². The molecule has 0 spiro atoms. The third kappa shape index (κ3) is 3.16. The van der Waals surface area contributed by atoms with E-state index >= 15 is 0 Å². The number of carboxylic acid groups (broad SMARTS) is 1. The second-order valence-electron chi connectivity index (χ2n) is 4.33. The second kappa shape index (κ2) is 5.88. The Labute approximate surface area is 124 Å². The SMILES string of the molecule is O=C(O)Cn1nnnc1SCc1ccc2ncccc2c1. The van der Waals surface area contributed by atoms with Crippen molar-refractivity contribution in [2.45, 2.75) is 17.5 Å². The Morgan fingerprint density at radius 2 is 2.24 bits per heavy atom. The molecule has 106 valence electrons. The Morgan fingerprint density at radius 3 is 3.10 bits per heavy atom. The van der Waals surface area contributed by atoms with Crippen molar-refractivity contribution in [2.75, 3.05) is 0 Å². The first-order chi connectivity index (χ1) is 10.2. The molecule has 3 rings (SSSR count). The van der Waals surface area contributed by atoms with Gasteiger partial charge in [-0.05, 0) is 34.2 Å². The number of fused-ring (bicyclic) bond motifs is 1. The minimum absolute atomic E-state index is 0.239. The predicted molar refractivity (Wildman–Crippen MR) is 76.8 cm³/mol. The lowest BCUT2D eigenvalue weighted by Crippen LogP contribution is -2.11. The third-order valence-electron chi connectivity index (χ3n) is 2.82. The standard InChI is InChI=1S/C13H11N5O2S/c19-12(20)7-18-13(15-16-17-18)21-8-9-3-4-11-10(6-9)2-1-5-14-11/h1-6H,7-8H2,(H,19,20). The number of aliphatic carboxylic acids is 1. The molecule has 0 aliphatic carbocycles. The number of aromatic nitrogens is 5. The van der Waals surface area contributed by atoms with Crippen molar-refractivity contribution in [1.29, 1.82) is 0 Å². The van der Waals surface area contributed by atoms with Crippen molar-refractivity contribution in [3.05, 3.63) is 42.1 Å². The number of hydrogen-bond acceptors (Lipinski definition) is 6. The summed E-state index contributed by atoms with van der Waals surface area (Å²) >= 11 is 1.40. The summed E-state index contributed by atoms with van der Waals surface area (Å²) in [4.78, 5) is 15.0. The maximum absolute atomic E-state index is 10.7. The summed E-state index contributed by atoms with van der Waals surface area (Å²) in [7, 11) is 0. The van der Waals surface area contributed by atoms with E-state index in [0.29, 0.717) is 10.9 Å². The van der Waals surface area contributed by atoms with Gasteiger partial charge >= 0.3 is 5.97 Å². The fourth-order valence-electron chi connectivity index (χ4n) is 1.89. The van der Waals surface area contributed by atoms with E-state index in [4.69, 9.17) is 5.11 Å². The molecule has 1 N–H and O–H groups in total. The van der Waals surface area contributed by atoms with Gasteiger partial charge in [0.1, 0.15) is 6.54 Å². The number of tetrazole rings is 1. The molecule has 3 aromatic rings. The zero-order valence-electron chi connectivity index (χ0n) is 10.9. The van der Waals surface area contributed by atoms with Gasteiger partial charge in [0.15, 0.2) is 0 Å². The van der Waals surface area contributed by atoms with Crippen molar-refractivity contribution in [1.82, 2.24) is 25.2 Å². The lowest BCUT2D eigenvalue weighted by molar-refractivity contribution is -0.138. The minimum Gasteiger partial charge on any atom is -0.480 e. The molecule has 1 aromatic carbocycles. The van der Waals surface area contributed by atoms with Crippen molar-refractivity contribution in [3.8, 4) is 0 Å². The molecule has 0 saturated carbocycles. The first-order valence-corrected chi connectivity index (χ1v) is 7.15. The molecule has 0 unspecified atom stereocenters. The highest BCUT2D eigenvalue weighted by molar-refractivity contribution is 7.98. The van der Waals surface area contributed by atoms with Gasteiger partial charge in [-0.3, -0.25) is 9.78 Å². The summed E-state index contributed by atoms with van der Waals surface area (Å²) in [6.45, 7) is -0.239. The van der Waals surface area contributed by atoms with Crippen LogP contribution in [0.25, 0.3) is 10.9 Å². The van der Waals surface area contributed by atoms with Crippen LogP contribution in [0.1, 0.15) is 5.56 Å². The summed E-state index contributed by atoms with van der Waals surface area (Å²) in [6.07, 6.45) is 1.76. The Balaban J connectivity index is 1.74.